The Bertz CT molecular complexity index is 4240. The fraction of sp³-hybridized carbons (Fsp3) is 0.541. The number of pyridine rings is 1. The van der Waals surface area contributed by atoms with Gasteiger partial charge < -0.3 is 50.7 Å². The molecule has 3 aromatic carbocycles. The van der Waals surface area contributed by atoms with E-state index in [-0.39, 0.29) is 84.2 Å². The van der Waals surface area contributed by atoms with Crippen molar-refractivity contribution in [2.75, 3.05) is 34.4 Å². The molecule has 7 amide bonds. The molecule has 7 aromatic rings. The summed E-state index contributed by atoms with van der Waals surface area (Å²) in [6, 6.07) is 15.9. The first-order chi connectivity index (χ1) is 47.0. The molecule has 1 aliphatic heterocycles. The van der Waals surface area contributed by atoms with Crippen LogP contribution in [0.4, 0.5) is 9.59 Å². The number of carbonyl (C=O) groups is 7. The van der Waals surface area contributed by atoms with E-state index < -0.39 is 47.9 Å². The lowest BCUT2D eigenvalue weighted by atomic mass is 9.81. The molecule has 4 aromatic heterocycles. The van der Waals surface area contributed by atoms with E-state index in [0.29, 0.717) is 104 Å². The van der Waals surface area contributed by atoms with Crippen LogP contribution < -0.4 is 37.0 Å². The predicted octanol–water partition coefficient (Wildman–Crippen LogP) is 10.1. The number of likely N-dealkylation sites (N-methyl/N-ethyl adjacent to an activating group) is 1. The summed E-state index contributed by atoms with van der Waals surface area (Å²) < 4.78 is 22.0. The van der Waals surface area contributed by atoms with Crippen LogP contribution >= 0.6 is 0 Å². The second-order valence-electron chi connectivity index (χ2n) is 29.2. The van der Waals surface area contributed by atoms with Gasteiger partial charge in [0.2, 0.25) is 23.6 Å². The fourth-order valence-corrected chi connectivity index (χ4v) is 15.9. The lowest BCUT2D eigenvalue weighted by Crippen LogP contribution is -2.59. The number of hydrogen-bond donors (Lipinski definition) is 6. The third-order valence-electron chi connectivity index (χ3n) is 21.3. The first kappa shape index (κ1) is 68.7. The lowest BCUT2D eigenvalue weighted by molar-refractivity contribution is -0.143. The number of amides is 7. The molecule has 0 spiro atoms. The van der Waals surface area contributed by atoms with Gasteiger partial charge in [-0.2, -0.15) is 5.10 Å². The van der Waals surface area contributed by atoms with Crippen LogP contribution in [0.1, 0.15) is 177 Å². The van der Waals surface area contributed by atoms with Gasteiger partial charge >= 0.3 is 17.9 Å². The number of ether oxygens (including phenoxy) is 3. The normalized spacial score (nSPS) is 21.9. The number of alkyl carbamates (subject to hydrolysis) is 1. The molecular weight excluding hydrogens is 1250 g/mol. The van der Waals surface area contributed by atoms with Crippen molar-refractivity contribution in [1.82, 2.24) is 65.3 Å². The highest BCUT2D eigenvalue weighted by Gasteiger charge is 2.46. The van der Waals surface area contributed by atoms with Crippen LogP contribution in [-0.2, 0) is 42.1 Å². The van der Waals surface area contributed by atoms with Crippen molar-refractivity contribution < 1.29 is 47.8 Å². The van der Waals surface area contributed by atoms with Gasteiger partial charge in [-0.15, -0.1) is 0 Å². The second kappa shape index (κ2) is 28.7. The number of aryl methyl sites for hydroxylation is 2. The Labute approximate surface area is 571 Å². The number of benzene rings is 3. The van der Waals surface area contributed by atoms with Gasteiger partial charge in [0.25, 0.3) is 5.91 Å². The van der Waals surface area contributed by atoms with Crippen LogP contribution in [0, 0.1) is 17.8 Å². The Hall–Kier alpha value is -9.22. The molecule has 0 unspecified atom stereocenters. The van der Waals surface area contributed by atoms with E-state index in [2.05, 4.69) is 69.7 Å². The zero-order chi connectivity index (χ0) is 69.4. The zero-order valence-electron chi connectivity index (χ0n) is 58.1. The average Bonchev–Trinajstić information content (AvgIpc) is 1.56. The fourth-order valence-electron chi connectivity index (χ4n) is 15.9. The van der Waals surface area contributed by atoms with Crippen LogP contribution in [0.25, 0.3) is 55.4 Å². The number of rotatable bonds is 18. The Morgan fingerprint density at radius 3 is 2.28 bits per heavy atom. The summed E-state index contributed by atoms with van der Waals surface area (Å²) in [4.78, 5) is 124. The molecule has 0 radical (unpaired) electrons. The van der Waals surface area contributed by atoms with Crippen molar-refractivity contribution >= 4 is 74.7 Å². The monoisotopic (exact) mass is 1340 g/mol. The smallest absolute Gasteiger partial charge is 0.410 e. The number of likely N-dealkylation sites (tertiary alicyclic amines) is 1. The molecule has 3 saturated carbocycles. The molecule has 4 fully saturated rings. The maximum Gasteiger partial charge on any atom is 0.410 e. The minimum Gasteiger partial charge on any atom is -0.496 e. The molecule has 12 rings (SSSR count). The number of aromatic nitrogens is 6. The second-order valence-corrected chi connectivity index (χ2v) is 29.2. The van der Waals surface area contributed by atoms with Crippen molar-refractivity contribution in [2.24, 2.45) is 24.8 Å². The first-order valence-corrected chi connectivity index (χ1v) is 35.1. The topological polar surface area (TPSA) is 287 Å². The van der Waals surface area contributed by atoms with Gasteiger partial charge in [0.15, 0.2) is 0 Å². The molecule has 98 heavy (non-hydrogen) atoms. The maximum atomic E-state index is 15.3. The SMILES string of the molecule is COC(=O)N[C@@H]1CC[C@@H](n2c(=O)n(C)c3cnc4[nH]c(-c5ccc(C(=O)NC[C@H]6CC[C@H](C(=O)N[C@H]7C[C@@H](C(=O)N[C@@H]8CCCc9ccccc98)N(C(=O)[C@@H](NC(=O)[C@H](C)N(C)C(=O)OC(C)(C)C)C8CCCCC8)C7)CC6)c(OC)c5)c(-c5ccc6c(cnn6C(C)C)c5)c4c32)C1. The van der Waals surface area contributed by atoms with Gasteiger partial charge in [0, 0.05) is 73.8 Å². The average molecular weight is 1340 g/mol. The van der Waals surface area contributed by atoms with E-state index in [4.69, 9.17) is 24.3 Å². The van der Waals surface area contributed by atoms with Gasteiger partial charge in [-0.25, -0.2) is 19.4 Å². The van der Waals surface area contributed by atoms with Crippen LogP contribution in [0.2, 0.25) is 0 Å². The highest BCUT2D eigenvalue weighted by molar-refractivity contribution is 6.15. The van der Waals surface area contributed by atoms with E-state index in [9.17, 15) is 33.6 Å². The predicted molar refractivity (Wildman–Crippen MR) is 372 cm³/mol. The largest absolute Gasteiger partial charge is 0.496 e. The highest BCUT2D eigenvalue weighted by Crippen LogP contribution is 2.45. The third-order valence-corrected chi connectivity index (χ3v) is 21.3. The molecule has 1 saturated heterocycles. The molecular formula is C74H95N13O11. The standard InChI is InChI=1S/C74H95N13O11/c1-41(2)87-56-32-28-47(33-49(56)38-77-87)60-61-64-58(84(8)72(94)86(64)52-30-29-50(35-52)79-71(93)97-10)39-75-65(61)81-62(60)48-27-31-54(59(34-48)96-9)68(90)76-37-43-23-25-46(26-24-43)67(89)78-51-36-57(69(91)80-55-22-16-20-44-17-14-15-21-53(44)55)85(40-51)70(92)63(45-18-12-11-13-19-45)82-66(88)42(3)83(7)73(95)98-74(4,5)6/h14-15,17,21,27-28,31-34,38-39,41-43,45-46,50-52,55,57,63H,11-13,16,18-20,22-26,29-30,35-37,40H2,1-10H3,(H,75,81)(H,76,90)(H,78,89)(H,79,93)(H,80,91)(H,82,88)/t42-,43-,46-,50+,51-,52+,55+,57-,63-/m0/s1. The number of H-pyrrole nitrogens is 1. The molecule has 6 N–H and O–H groups in total. The van der Waals surface area contributed by atoms with E-state index in [0.717, 1.165) is 71.5 Å². The number of fused-ring (bicyclic) bond motifs is 5. The van der Waals surface area contributed by atoms with Crippen molar-refractivity contribution in [1.29, 1.82) is 0 Å². The van der Waals surface area contributed by atoms with Crippen LogP contribution in [-0.4, -0.2) is 151 Å². The lowest BCUT2D eigenvalue weighted by Gasteiger charge is -2.36. The van der Waals surface area contributed by atoms with Crippen molar-refractivity contribution in [3.05, 3.63) is 100 Å². The Morgan fingerprint density at radius 1 is 0.786 bits per heavy atom. The maximum absolute atomic E-state index is 15.3. The van der Waals surface area contributed by atoms with Gasteiger partial charge in [-0.05, 0) is 178 Å². The van der Waals surface area contributed by atoms with Crippen molar-refractivity contribution in [3.63, 3.8) is 0 Å². The van der Waals surface area contributed by atoms with E-state index in [1.807, 2.05) is 45.8 Å². The third kappa shape index (κ3) is 14.1. The molecule has 5 heterocycles. The van der Waals surface area contributed by atoms with Crippen molar-refractivity contribution in [2.45, 2.75) is 198 Å². The number of methoxy groups -OCH3 is 2. The van der Waals surface area contributed by atoms with Crippen LogP contribution in [0.5, 0.6) is 5.75 Å². The van der Waals surface area contributed by atoms with Gasteiger partial charge in [-0.1, -0.05) is 55.7 Å². The Balaban J connectivity index is 0.739. The molecule has 0 bridgehead atoms. The number of carbonyl (C=O) groups excluding carboxylic acids is 7. The first-order valence-electron chi connectivity index (χ1n) is 35.1. The zero-order valence-corrected chi connectivity index (χ0v) is 58.1. The summed E-state index contributed by atoms with van der Waals surface area (Å²) in [5.74, 6) is -1.76. The van der Waals surface area contributed by atoms with Crippen molar-refractivity contribution in [3.8, 4) is 28.1 Å². The number of aromatic amines is 1. The Kier molecular flexibility index (Phi) is 20.1. The van der Waals surface area contributed by atoms with Gasteiger partial charge in [0.05, 0.1) is 65.8 Å². The van der Waals surface area contributed by atoms with Gasteiger partial charge in [0.1, 0.15) is 35.1 Å². The summed E-state index contributed by atoms with van der Waals surface area (Å²) in [5, 5.41) is 22.1. The Morgan fingerprint density at radius 2 is 1.54 bits per heavy atom. The molecule has 4 aliphatic carbocycles. The summed E-state index contributed by atoms with van der Waals surface area (Å²) in [5.41, 5.74) is 7.57. The van der Waals surface area contributed by atoms with E-state index in [1.165, 1.54) is 31.7 Å². The number of hydrogen-bond acceptors (Lipinski definition) is 13. The molecule has 24 heteroatoms. The van der Waals surface area contributed by atoms with Crippen LogP contribution in [0.15, 0.2) is 77.9 Å². The van der Waals surface area contributed by atoms with E-state index >= 15 is 4.79 Å². The summed E-state index contributed by atoms with van der Waals surface area (Å²) >= 11 is 0. The highest BCUT2D eigenvalue weighted by atomic mass is 16.6. The van der Waals surface area contributed by atoms with E-state index in [1.54, 1.807) is 56.5 Å². The summed E-state index contributed by atoms with van der Waals surface area (Å²) in [7, 11) is 6.11. The summed E-state index contributed by atoms with van der Waals surface area (Å²) in [6.07, 6.45) is 13.7. The number of nitrogens with one attached hydrogen (secondary N) is 6. The van der Waals surface area contributed by atoms with Crippen LogP contribution in [0.3, 0.4) is 0 Å². The quantitative estimate of drug-likeness (QED) is 0.0467. The molecule has 7 atom stereocenters. The molecule has 5 aliphatic rings. The summed E-state index contributed by atoms with van der Waals surface area (Å²) in [6.45, 7) is 11.5. The minimum atomic E-state index is -0.971. The molecule has 24 nitrogen and oxygen atoms in total. The molecule has 522 valence electrons. The number of nitrogens with zero attached hydrogens (tertiary/aromatic N) is 7. The minimum absolute atomic E-state index is 0.0749. The van der Waals surface area contributed by atoms with Gasteiger partial charge in [-0.3, -0.25) is 42.7 Å². The number of imidazole rings is 1.